The predicted octanol–water partition coefficient (Wildman–Crippen LogP) is 3.11. The van der Waals surface area contributed by atoms with Crippen molar-refractivity contribution in [3.05, 3.63) is 70.8 Å². The molecule has 0 amide bonds. The molecule has 2 aromatic rings. The van der Waals surface area contributed by atoms with Crippen LogP contribution in [-0.2, 0) is 14.8 Å². The zero-order valence-corrected chi connectivity index (χ0v) is 15.4. The molecule has 1 aliphatic rings. The maximum atomic E-state index is 13.1. The summed E-state index contributed by atoms with van der Waals surface area (Å²) in [6, 6.07) is 11.5. The second kappa shape index (κ2) is 7.11. The third kappa shape index (κ3) is 3.33. The lowest BCUT2D eigenvalue weighted by molar-refractivity contribution is -0.133. The minimum absolute atomic E-state index is 0.0210. The fraction of sp³-hybridized carbons (Fsp3) is 0.167. The minimum Gasteiger partial charge on any atom is -0.497 e. The number of aliphatic carboxylic acids is 1. The summed E-state index contributed by atoms with van der Waals surface area (Å²) >= 11 is 5.83. The minimum atomic E-state index is -3.91. The number of carbonyl (C=O) groups is 1. The fourth-order valence-corrected chi connectivity index (χ4v) is 4.54. The van der Waals surface area contributed by atoms with Crippen molar-refractivity contribution in [2.24, 2.45) is 0 Å². The quantitative estimate of drug-likeness (QED) is 0.843. The maximum Gasteiger partial charge on any atom is 0.333 e. The van der Waals surface area contributed by atoms with Gasteiger partial charge in [-0.3, -0.25) is 0 Å². The number of hydrogen-bond acceptors (Lipinski definition) is 4. The van der Waals surface area contributed by atoms with Gasteiger partial charge in [-0.2, -0.15) is 4.31 Å². The van der Waals surface area contributed by atoms with Gasteiger partial charge in [0.1, 0.15) is 5.75 Å². The van der Waals surface area contributed by atoms with Crippen molar-refractivity contribution < 1.29 is 23.1 Å². The first-order valence-electron chi connectivity index (χ1n) is 7.69. The van der Waals surface area contributed by atoms with Crippen molar-refractivity contribution in [2.45, 2.75) is 10.9 Å². The van der Waals surface area contributed by atoms with Crippen LogP contribution in [0.4, 0.5) is 0 Å². The molecule has 1 unspecified atom stereocenters. The van der Waals surface area contributed by atoms with Gasteiger partial charge in [0, 0.05) is 11.6 Å². The number of sulfonamides is 1. The van der Waals surface area contributed by atoms with E-state index in [1.807, 2.05) is 0 Å². The molecule has 1 N–H and O–H groups in total. The highest BCUT2D eigenvalue weighted by atomic mass is 35.5. The molecule has 26 heavy (non-hydrogen) atoms. The zero-order valence-electron chi connectivity index (χ0n) is 13.8. The van der Waals surface area contributed by atoms with Crippen molar-refractivity contribution in [3.63, 3.8) is 0 Å². The van der Waals surface area contributed by atoms with Crippen molar-refractivity contribution in [1.29, 1.82) is 0 Å². The van der Waals surface area contributed by atoms with Crippen LogP contribution < -0.4 is 4.74 Å². The average Bonchev–Trinajstić information content (AvgIpc) is 3.08. The number of methoxy groups -OCH3 is 1. The number of halogens is 1. The highest BCUT2D eigenvalue weighted by Crippen LogP contribution is 2.38. The van der Waals surface area contributed by atoms with Gasteiger partial charge in [0.15, 0.2) is 0 Å². The second-order valence-electron chi connectivity index (χ2n) is 5.67. The van der Waals surface area contributed by atoms with Crippen LogP contribution >= 0.6 is 11.6 Å². The van der Waals surface area contributed by atoms with Crippen LogP contribution in [0.15, 0.2) is 65.1 Å². The van der Waals surface area contributed by atoms with Crippen molar-refractivity contribution in [1.82, 2.24) is 4.31 Å². The zero-order chi connectivity index (χ0) is 18.9. The van der Waals surface area contributed by atoms with Gasteiger partial charge in [-0.05, 0) is 42.0 Å². The number of ether oxygens (including phenoxy) is 1. The average molecular weight is 394 g/mol. The fourth-order valence-electron chi connectivity index (χ4n) is 2.88. The lowest BCUT2D eigenvalue weighted by Gasteiger charge is -2.26. The standard InChI is InChI=1S/C18H16ClNO5S/c1-25-14-6-2-12(3-7-14)17-16(18(21)22)10-11-20(17)26(23,24)15-8-4-13(19)5-9-15/h2-10,17H,11H2,1H3,(H,21,22). The normalized spacial score (nSPS) is 17.8. The van der Waals surface area contributed by atoms with E-state index in [0.717, 1.165) is 0 Å². The smallest absolute Gasteiger partial charge is 0.333 e. The van der Waals surface area contributed by atoms with Crippen LogP contribution in [0.3, 0.4) is 0 Å². The Morgan fingerprint density at radius 3 is 2.31 bits per heavy atom. The Hall–Kier alpha value is -2.35. The molecule has 0 spiro atoms. The monoisotopic (exact) mass is 393 g/mol. The Morgan fingerprint density at radius 1 is 1.15 bits per heavy atom. The van der Waals surface area contributed by atoms with Crippen molar-refractivity contribution in [2.75, 3.05) is 13.7 Å². The molecular weight excluding hydrogens is 378 g/mol. The van der Waals surface area contributed by atoms with E-state index in [9.17, 15) is 18.3 Å². The van der Waals surface area contributed by atoms with Gasteiger partial charge < -0.3 is 9.84 Å². The number of benzene rings is 2. The van der Waals surface area contributed by atoms with Crippen LogP contribution in [0.2, 0.25) is 5.02 Å². The Labute approximate surface area is 156 Å². The summed E-state index contributed by atoms with van der Waals surface area (Å²) in [5, 5.41) is 9.92. The topological polar surface area (TPSA) is 83.9 Å². The largest absolute Gasteiger partial charge is 0.497 e. The van der Waals surface area contributed by atoms with Crippen LogP contribution in [0.25, 0.3) is 0 Å². The summed E-state index contributed by atoms with van der Waals surface area (Å²) in [7, 11) is -2.39. The summed E-state index contributed by atoms with van der Waals surface area (Å²) in [5.74, 6) is -0.556. The molecule has 0 saturated carbocycles. The highest BCUT2D eigenvalue weighted by Gasteiger charge is 2.40. The summed E-state index contributed by atoms with van der Waals surface area (Å²) in [4.78, 5) is 11.7. The highest BCUT2D eigenvalue weighted by molar-refractivity contribution is 7.89. The Bertz CT molecular complexity index is 952. The number of carboxylic acids is 1. The molecule has 6 nitrogen and oxygen atoms in total. The first-order valence-corrected chi connectivity index (χ1v) is 9.51. The molecular formula is C18H16ClNO5S. The van der Waals surface area contributed by atoms with Crippen molar-refractivity contribution in [3.8, 4) is 5.75 Å². The molecule has 2 aromatic carbocycles. The van der Waals surface area contributed by atoms with Gasteiger partial charge in [0.25, 0.3) is 0 Å². The lowest BCUT2D eigenvalue weighted by atomic mass is 10.0. The maximum absolute atomic E-state index is 13.1. The number of nitrogens with zero attached hydrogens (tertiary/aromatic N) is 1. The summed E-state index contributed by atoms with van der Waals surface area (Å²) in [6.45, 7) is -0.0245. The Balaban J connectivity index is 2.05. The molecule has 1 aliphatic heterocycles. The molecule has 3 rings (SSSR count). The lowest BCUT2D eigenvalue weighted by Crippen LogP contribution is -2.33. The van der Waals surface area contributed by atoms with E-state index < -0.39 is 22.0 Å². The molecule has 0 bridgehead atoms. The van der Waals surface area contributed by atoms with Crippen LogP contribution in [-0.4, -0.2) is 37.5 Å². The molecule has 0 radical (unpaired) electrons. The third-order valence-electron chi connectivity index (χ3n) is 4.17. The molecule has 136 valence electrons. The molecule has 1 atom stereocenters. The number of rotatable bonds is 5. The van der Waals surface area contributed by atoms with Crippen LogP contribution in [0, 0.1) is 0 Å². The van der Waals surface area contributed by atoms with Gasteiger partial charge in [0.2, 0.25) is 10.0 Å². The third-order valence-corrected chi connectivity index (χ3v) is 6.27. The molecule has 1 heterocycles. The molecule has 0 fully saturated rings. The first kappa shape index (κ1) is 18.4. The van der Waals surface area contributed by atoms with E-state index in [-0.39, 0.29) is 17.0 Å². The van der Waals surface area contributed by atoms with E-state index in [2.05, 4.69) is 0 Å². The Morgan fingerprint density at radius 2 is 1.77 bits per heavy atom. The van der Waals surface area contributed by atoms with Crippen LogP contribution in [0.1, 0.15) is 11.6 Å². The molecule has 8 heteroatoms. The van der Waals surface area contributed by atoms with Gasteiger partial charge in [-0.15, -0.1) is 0 Å². The second-order valence-corrected chi connectivity index (χ2v) is 8.00. The summed E-state index contributed by atoms with van der Waals surface area (Å²) in [5.41, 5.74) is 0.571. The SMILES string of the molecule is COc1ccc(C2C(C(=O)O)=CCN2S(=O)(=O)c2ccc(Cl)cc2)cc1. The van der Waals surface area contributed by atoms with Gasteiger partial charge >= 0.3 is 5.97 Å². The van der Waals surface area contributed by atoms with Gasteiger partial charge in [-0.1, -0.05) is 29.8 Å². The van der Waals surface area contributed by atoms with E-state index in [4.69, 9.17) is 16.3 Å². The van der Waals surface area contributed by atoms with Gasteiger partial charge in [0.05, 0.1) is 23.6 Å². The van der Waals surface area contributed by atoms with Gasteiger partial charge in [-0.25, -0.2) is 13.2 Å². The molecule has 0 aliphatic carbocycles. The summed E-state index contributed by atoms with van der Waals surface area (Å²) in [6.07, 6.45) is 1.42. The van der Waals surface area contributed by atoms with Crippen molar-refractivity contribution >= 4 is 27.6 Å². The summed E-state index contributed by atoms with van der Waals surface area (Å²) < 4.78 is 32.4. The molecule has 0 saturated heterocycles. The predicted molar refractivity (Wildman–Crippen MR) is 96.8 cm³/mol. The molecule has 0 aromatic heterocycles. The van der Waals surface area contributed by atoms with Crippen LogP contribution in [0.5, 0.6) is 5.75 Å². The number of carboxylic acid groups (broad SMARTS) is 1. The van der Waals surface area contributed by atoms with E-state index in [0.29, 0.717) is 16.3 Å². The first-order chi connectivity index (χ1) is 12.3. The Kier molecular flexibility index (Phi) is 5.04. The van der Waals surface area contributed by atoms with E-state index >= 15 is 0 Å². The van der Waals surface area contributed by atoms with E-state index in [1.165, 1.54) is 41.8 Å². The van der Waals surface area contributed by atoms with E-state index in [1.54, 1.807) is 24.3 Å². The number of hydrogen-bond donors (Lipinski definition) is 1.